The van der Waals surface area contributed by atoms with Crippen LogP contribution in [0.2, 0.25) is 0 Å². The fourth-order valence-corrected chi connectivity index (χ4v) is 2.23. The van der Waals surface area contributed by atoms with Crippen molar-refractivity contribution in [1.82, 2.24) is 15.6 Å². The number of nitrogens with zero attached hydrogens (tertiary/aromatic N) is 2. The summed E-state index contributed by atoms with van der Waals surface area (Å²) in [6.07, 6.45) is 0.814. The lowest BCUT2D eigenvalue weighted by molar-refractivity contribution is -0.119. The number of aromatic nitrogens is 1. The molecule has 27 heavy (non-hydrogen) atoms. The Hall–Kier alpha value is -2.30. The molecule has 1 aromatic carbocycles. The quantitative estimate of drug-likeness (QED) is 0.297. The van der Waals surface area contributed by atoms with Crippen LogP contribution >= 0.6 is 24.0 Å². The number of amides is 1. The van der Waals surface area contributed by atoms with E-state index in [1.54, 1.807) is 7.05 Å². The van der Waals surface area contributed by atoms with Crippen molar-refractivity contribution in [3.05, 3.63) is 47.2 Å². The molecule has 4 N–H and O–H groups in total. The normalized spacial score (nSPS) is 10.9. The predicted molar refractivity (Wildman–Crippen MR) is 114 cm³/mol. The molecular weight excluding hydrogens is 461 g/mol. The van der Waals surface area contributed by atoms with Crippen LogP contribution in [0.1, 0.15) is 22.9 Å². The van der Waals surface area contributed by atoms with Gasteiger partial charge in [-0.1, -0.05) is 12.1 Å². The number of oxazole rings is 1. The zero-order valence-electron chi connectivity index (χ0n) is 15.7. The number of aryl methyl sites for hydroxylation is 2. The minimum atomic E-state index is -0.493. The number of nitrogens with one attached hydrogen (secondary N) is 2. The van der Waals surface area contributed by atoms with Gasteiger partial charge in [0, 0.05) is 13.6 Å². The maximum Gasteiger partial charge on any atom is 0.255 e. The van der Waals surface area contributed by atoms with E-state index in [1.165, 1.54) is 0 Å². The van der Waals surface area contributed by atoms with Crippen molar-refractivity contribution in [3.63, 3.8) is 0 Å². The summed E-state index contributed by atoms with van der Waals surface area (Å²) in [5.74, 6) is 2.27. The van der Waals surface area contributed by atoms with Gasteiger partial charge in [0.05, 0.1) is 12.2 Å². The summed E-state index contributed by atoms with van der Waals surface area (Å²) >= 11 is 0. The number of benzene rings is 1. The van der Waals surface area contributed by atoms with Crippen LogP contribution < -0.4 is 21.1 Å². The number of guanidine groups is 1. The van der Waals surface area contributed by atoms with Crippen LogP contribution in [0.5, 0.6) is 5.75 Å². The summed E-state index contributed by atoms with van der Waals surface area (Å²) in [5.41, 5.74) is 7.08. The Labute approximate surface area is 176 Å². The Balaban J connectivity index is 0.00000364. The van der Waals surface area contributed by atoms with E-state index in [-0.39, 0.29) is 30.6 Å². The molecule has 0 atom stereocenters. The van der Waals surface area contributed by atoms with E-state index < -0.39 is 5.91 Å². The van der Waals surface area contributed by atoms with Gasteiger partial charge in [-0.25, -0.2) is 4.98 Å². The number of halogens is 1. The van der Waals surface area contributed by atoms with Gasteiger partial charge in [0.25, 0.3) is 5.91 Å². The number of carbonyl (C=O) groups is 1. The number of ether oxygens (including phenoxy) is 1. The van der Waals surface area contributed by atoms with Crippen molar-refractivity contribution in [2.75, 3.05) is 20.2 Å². The molecule has 0 aliphatic heterocycles. The van der Waals surface area contributed by atoms with Crippen molar-refractivity contribution in [2.24, 2.45) is 10.7 Å². The number of carbonyl (C=O) groups excluding carboxylic acids is 1. The fraction of sp³-hybridized carbons (Fsp3) is 0.389. The Morgan fingerprint density at radius 3 is 2.52 bits per heavy atom. The van der Waals surface area contributed by atoms with Gasteiger partial charge in [0.15, 0.2) is 12.6 Å². The van der Waals surface area contributed by atoms with Gasteiger partial charge in [-0.3, -0.25) is 9.79 Å². The zero-order valence-corrected chi connectivity index (χ0v) is 18.1. The SMILES string of the molecule is CN=C(NCCc1ccc(OCC(N)=O)cc1)NCc1nc(C)c(C)o1.I. The van der Waals surface area contributed by atoms with E-state index in [2.05, 4.69) is 20.6 Å². The maximum atomic E-state index is 10.7. The number of aliphatic imine (C=N–C) groups is 1. The molecular formula is C18H26IN5O3. The highest BCUT2D eigenvalue weighted by Gasteiger charge is 2.06. The first-order valence-electron chi connectivity index (χ1n) is 8.35. The molecule has 148 valence electrons. The molecule has 8 nitrogen and oxygen atoms in total. The van der Waals surface area contributed by atoms with Crippen LogP contribution in [0.4, 0.5) is 0 Å². The molecule has 0 fully saturated rings. The molecule has 0 radical (unpaired) electrons. The smallest absolute Gasteiger partial charge is 0.255 e. The summed E-state index contributed by atoms with van der Waals surface area (Å²) in [7, 11) is 1.71. The van der Waals surface area contributed by atoms with Crippen LogP contribution in [0.15, 0.2) is 33.7 Å². The Bertz CT molecular complexity index is 739. The minimum absolute atomic E-state index is 0. The van der Waals surface area contributed by atoms with Crippen molar-refractivity contribution in [2.45, 2.75) is 26.8 Å². The average molecular weight is 487 g/mol. The van der Waals surface area contributed by atoms with Gasteiger partial charge in [-0.15, -0.1) is 24.0 Å². The van der Waals surface area contributed by atoms with Gasteiger partial charge in [0.1, 0.15) is 11.5 Å². The summed E-state index contributed by atoms with van der Waals surface area (Å²) in [6.45, 7) is 4.88. The van der Waals surface area contributed by atoms with E-state index in [0.717, 1.165) is 23.4 Å². The van der Waals surface area contributed by atoms with Crippen LogP contribution in [0.25, 0.3) is 0 Å². The number of hydrogen-bond acceptors (Lipinski definition) is 5. The first-order valence-corrected chi connectivity index (χ1v) is 8.35. The highest BCUT2D eigenvalue weighted by Crippen LogP contribution is 2.12. The van der Waals surface area contributed by atoms with Crippen molar-refractivity contribution in [1.29, 1.82) is 0 Å². The number of nitrogens with two attached hydrogens (primary N) is 1. The molecule has 0 saturated heterocycles. The number of hydrogen-bond donors (Lipinski definition) is 3. The summed E-state index contributed by atoms with van der Waals surface area (Å²) in [5, 5.41) is 6.41. The molecule has 0 spiro atoms. The van der Waals surface area contributed by atoms with Gasteiger partial charge in [-0.2, -0.15) is 0 Å². The van der Waals surface area contributed by atoms with E-state index in [1.807, 2.05) is 38.1 Å². The fourth-order valence-electron chi connectivity index (χ4n) is 2.23. The molecule has 0 bridgehead atoms. The molecule has 2 rings (SSSR count). The summed E-state index contributed by atoms with van der Waals surface area (Å²) < 4.78 is 10.8. The lowest BCUT2D eigenvalue weighted by Gasteiger charge is -2.11. The molecule has 1 aromatic heterocycles. The minimum Gasteiger partial charge on any atom is -0.484 e. The van der Waals surface area contributed by atoms with Crippen LogP contribution in [-0.4, -0.2) is 37.1 Å². The van der Waals surface area contributed by atoms with Crippen molar-refractivity contribution < 1.29 is 13.9 Å². The topological polar surface area (TPSA) is 115 Å². The summed E-state index contributed by atoms with van der Waals surface area (Å²) in [6, 6.07) is 7.54. The molecule has 0 aliphatic carbocycles. The predicted octanol–water partition coefficient (Wildman–Crippen LogP) is 1.68. The third-order valence-corrected chi connectivity index (χ3v) is 3.71. The van der Waals surface area contributed by atoms with Crippen molar-refractivity contribution >= 4 is 35.8 Å². The van der Waals surface area contributed by atoms with Gasteiger partial charge in [0.2, 0.25) is 5.89 Å². The van der Waals surface area contributed by atoms with Crippen molar-refractivity contribution in [3.8, 4) is 5.75 Å². The average Bonchev–Trinajstić information content (AvgIpc) is 2.95. The Morgan fingerprint density at radius 1 is 1.26 bits per heavy atom. The highest BCUT2D eigenvalue weighted by molar-refractivity contribution is 14.0. The second-order valence-corrected chi connectivity index (χ2v) is 5.75. The molecule has 0 saturated carbocycles. The lowest BCUT2D eigenvalue weighted by Crippen LogP contribution is -2.37. The highest BCUT2D eigenvalue weighted by atomic mass is 127. The zero-order chi connectivity index (χ0) is 18.9. The molecule has 9 heteroatoms. The van der Waals surface area contributed by atoms with E-state index >= 15 is 0 Å². The Morgan fingerprint density at radius 2 is 1.96 bits per heavy atom. The molecule has 1 heterocycles. The van der Waals surface area contributed by atoms with Crippen LogP contribution in [0.3, 0.4) is 0 Å². The number of primary amides is 1. The second kappa shape index (κ2) is 11.4. The van der Waals surface area contributed by atoms with Gasteiger partial charge < -0.3 is 25.5 Å². The third-order valence-electron chi connectivity index (χ3n) is 3.71. The molecule has 0 unspecified atom stereocenters. The Kier molecular flexibility index (Phi) is 9.62. The third kappa shape index (κ3) is 7.85. The molecule has 1 amide bonds. The molecule has 0 aliphatic rings. The van der Waals surface area contributed by atoms with E-state index in [4.69, 9.17) is 14.9 Å². The van der Waals surface area contributed by atoms with Crippen LogP contribution in [-0.2, 0) is 17.8 Å². The first kappa shape index (κ1) is 22.7. The van der Waals surface area contributed by atoms with Crippen LogP contribution in [0, 0.1) is 13.8 Å². The number of rotatable bonds is 8. The second-order valence-electron chi connectivity index (χ2n) is 5.75. The van der Waals surface area contributed by atoms with Gasteiger partial charge >= 0.3 is 0 Å². The largest absolute Gasteiger partial charge is 0.484 e. The standard InChI is InChI=1S/C18H25N5O3.HI/c1-12-13(2)26-17(23-12)10-22-18(20-3)21-9-8-14-4-6-15(7-5-14)25-11-16(19)24;/h4-7H,8-11H2,1-3H3,(H2,19,24)(H2,20,21,22);1H. The monoisotopic (exact) mass is 487 g/mol. The lowest BCUT2D eigenvalue weighted by atomic mass is 10.1. The summed E-state index contributed by atoms with van der Waals surface area (Å²) in [4.78, 5) is 19.2. The van der Waals surface area contributed by atoms with Gasteiger partial charge in [-0.05, 0) is 38.0 Å². The van der Waals surface area contributed by atoms with E-state index in [9.17, 15) is 4.79 Å². The maximum absolute atomic E-state index is 10.7. The molecule has 2 aromatic rings. The first-order chi connectivity index (χ1) is 12.5. The van der Waals surface area contributed by atoms with E-state index in [0.29, 0.717) is 30.7 Å².